The molecular weight excluding hydrogens is 190 g/mol. The summed E-state index contributed by atoms with van der Waals surface area (Å²) in [4.78, 5) is 11.1. The van der Waals surface area contributed by atoms with E-state index in [1.165, 1.54) is 0 Å². The molecule has 1 atom stereocenters. The van der Waals surface area contributed by atoms with Crippen LogP contribution in [0.2, 0.25) is 0 Å². The fourth-order valence-electron chi connectivity index (χ4n) is 1.67. The molecule has 1 aromatic rings. The Balaban J connectivity index is 3.09. The molecule has 0 radical (unpaired) electrons. The van der Waals surface area contributed by atoms with Crippen LogP contribution in [0.5, 0.6) is 0 Å². The smallest absolute Gasteiger partial charge is 0.312 e. The van der Waals surface area contributed by atoms with Gasteiger partial charge in [0, 0.05) is 6.54 Å². The van der Waals surface area contributed by atoms with Gasteiger partial charge in [-0.05, 0) is 32.0 Å². The van der Waals surface area contributed by atoms with E-state index in [2.05, 4.69) is 5.32 Å². The highest BCUT2D eigenvalue weighted by Crippen LogP contribution is 2.21. The van der Waals surface area contributed by atoms with E-state index in [1.54, 1.807) is 7.05 Å². The summed E-state index contributed by atoms with van der Waals surface area (Å²) in [7, 11) is 1.76. The Hall–Kier alpha value is -1.35. The lowest BCUT2D eigenvalue weighted by molar-refractivity contribution is -0.138. The largest absolute Gasteiger partial charge is 0.481 e. The van der Waals surface area contributed by atoms with E-state index in [-0.39, 0.29) is 0 Å². The molecule has 1 aromatic carbocycles. The molecule has 0 saturated carbocycles. The third kappa shape index (κ3) is 2.80. The number of aliphatic carboxylic acids is 1. The predicted octanol–water partition coefficient (Wildman–Crippen LogP) is 1.69. The maximum absolute atomic E-state index is 11.1. The number of aryl methyl sites for hydroxylation is 2. The number of hydrogen-bond acceptors (Lipinski definition) is 2. The van der Waals surface area contributed by atoms with E-state index in [1.807, 2.05) is 32.0 Å². The number of rotatable bonds is 4. The van der Waals surface area contributed by atoms with Gasteiger partial charge in [-0.25, -0.2) is 0 Å². The van der Waals surface area contributed by atoms with Crippen molar-refractivity contribution in [1.29, 1.82) is 0 Å². The highest BCUT2D eigenvalue weighted by molar-refractivity contribution is 5.77. The molecule has 0 aliphatic heterocycles. The van der Waals surface area contributed by atoms with Crippen LogP contribution in [0, 0.1) is 13.8 Å². The summed E-state index contributed by atoms with van der Waals surface area (Å²) in [6.07, 6.45) is 0. The molecule has 82 valence electrons. The lowest BCUT2D eigenvalue weighted by atomic mass is 9.93. The topological polar surface area (TPSA) is 49.3 Å². The third-order valence-corrected chi connectivity index (χ3v) is 2.52. The van der Waals surface area contributed by atoms with E-state index in [0.29, 0.717) is 6.54 Å². The fraction of sp³-hybridized carbons (Fsp3) is 0.417. The first-order valence-corrected chi connectivity index (χ1v) is 5.00. The second kappa shape index (κ2) is 4.94. The molecule has 0 saturated heterocycles. The first kappa shape index (κ1) is 11.7. The molecule has 0 fully saturated rings. The summed E-state index contributed by atoms with van der Waals surface area (Å²) in [5.74, 6) is -1.24. The van der Waals surface area contributed by atoms with Gasteiger partial charge in [-0.2, -0.15) is 0 Å². The number of likely N-dealkylation sites (N-methyl/N-ethyl adjacent to an activating group) is 1. The molecule has 0 aliphatic rings. The van der Waals surface area contributed by atoms with Gasteiger partial charge in [-0.3, -0.25) is 4.79 Å². The molecule has 0 spiro atoms. The minimum atomic E-state index is -0.780. The van der Waals surface area contributed by atoms with Crippen molar-refractivity contribution in [2.75, 3.05) is 13.6 Å². The van der Waals surface area contributed by atoms with Gasteiger partial charge < -0.3 is 10.4 Å². The highest BCUT2D eigenvalue weighted by atomic mass is 16.4. The Kier molecular flexibility index (Phi) is 3.86. The first-order chi connectivity index (χ1) is 7.06. The predicted molar refractivity (Wildman–Crippen MR) is 60.2 cm³/mol. The van der Waals surface area contributed by atoms with Crippen molar-refractivity contribution in [3.63, 3.8) is 0 Å². The summed E-state index contributed by atoms with van der Waals surface area (Å²) in [6, 6.07) is 5.92. The van der Waals surface area contributed by atoms with Crippen LogP contribution in [0.1, 0.15) is 22.6 Å². The Morgan fingerprint density at radius 3 is 2.67 bits per heavy atom. The zero-order valence-corrected chi connectivity index (χ0v) is 9.37. The normalized spacial score (nSPS) is 12.5. The number of nitrogens with one attached hydrogen (secondary N) is 1. The van der Waals surface area contributed by atoms with Crippen molar-refractivity contribution >= 4 is 5.97 Å². The molecule has 3 nitrogen and oxygen atoms in total. The van der Waals surface area contributed by atoms with Gasteiger partial charge in [-0.1, -0.05) is 23.8 Å². The summed E-state index contributed by atoms with van der Waals surface area (Å²) in [5.41, 5.74) is 3.03. The second-order valence-corrected chi connectivity index (χ2v) is 3.81. The number of benzene rings is 1. The minimum absolute atomic E-state index is 0.458. The van der Waals surface area contributed by atoms with Crippen LogP contribution in [0.25, 0.3) is 0 Å². The summed E-state index contributed by atoms with van der Waals surface area (Å²) < 4.78 is 0. The Bertz CT molecular complexity index is 361. The van der Waals surface area contributed by atoms with Gasteiger partial charge in [-0.15, -0.1) is 0 Å². The zero-order chi connectivity index (χ0) is 11.4. The standard InChI is InChI=1S/C12H17NO2/c1-8-4-5-9(2)10(6-8)11(7-13-3)12(14)15/h4-6,11,13H,7H2,1-3H3,(H,14,15). The quantitative estimate of drug-likeness (QED) is 0.790. The molecule has 0 heterocycles. The van der Waals surface area contributed by atoms with Crippen molar-refractivity contribution in [2.24, 2.45) is 0 Å². The van der Waals surface area contributed by atoms with Crippen molar-refractivity contribution in [3.8, 4) is 0 Å². The summed E-state index contributed by atoms with van der Waals surface area (Å²) >= 11 is 0. The molecule has 2 N–H and O–H groups in total. The Morgan fingerprint density at radius 2 is 2.13 bits per heavy atom. The maximum atomic E-state index is 11.1. The van der Waals surface area contributed by atoms with Crippen LogP contribution in [-0.4, -0.2) is 24.7 Å². The van der Waals surface area contributed by atoms with E-state index in [4.69, 9.17) is 5.11 Å². The number of carbonyl (C=O) groups is 1. The van der Waals surface area contributed by atoms with Gasteiger partial charge in [0.1, 0.15) is 0 Å². The van der Waals surface area contributed by atoms with Gasteiger partial charge in [0.2, 0.25) is 0 Å². The average molecular weight is 207 g/mol. The Labute approximate surface area is 90.1 Å². The van der Waals surface area contributed by atoms with E-state index in [9.17, 15) is 4.79 Å². The van der Waals surface area contributed by atoms with E-state index < -0.39 is 11.9 Å². The summed E-state index contributed by atoms with van der Waals surface area (Å²) in [5, 5.41) is 12.0. The van der Waals surface area contributed by atoms with Gasteiger partial charge in [0.05, 0.1) is 5.92 Å². The number of hydrogen-bond donors (Lipinski definition) is 2. The molecule has 0 amide bonds. The van der Waals surface area contributed by atoms with Crippen LogP contribution in [0.15, 0.2) is 18.2 Å². The molecule has 0 aromatic heterocycles. The number of carboxylic acids is 1. The third-order valence-electron chi connectivity index (χ3n) is 2.52. The highest BCUT2D eigenvalue weighted by Gasteiger charge is 2.20. The molecule has 15 heavy (non-hydrogen) atoms. The van der Waals surface area contributed by atoms with Gasteiger partial charge in [0.25, 0.3) is 0 Å². The molecular formula is C12H17NO2. The Morgan fingerprint density at radius 1 is 1.47 bits per heavy atom. The van der Waals surface area contributed by atoms with Crippen molar-refractivity contribution in [1.82, 2.24) is 5.32 Å². The fourth-order valence-corrected chi connectivity index (χ4v) is 1.67. The first-order valence-electron chi connectivity index (χ1n) is 5.00. The lowest BCUT2D eigenvalue weighted by Gasteiger charge is -2.15. The molecule has 0 aliphatic carbocycles. The molecule has 0 bridgehead atoms. The van der Waals surface area contributed by atoms with Crippen molar-refractivity contribution in [3.05, 3.63) is 34.9 Å². The zero-order valence-electron chi connectivity index (χ0n) is 9.37. The van der Waals surface area contributed by atoms with Crippen molar-refractivity contribution < 1.29 is 9.90 Å². The lowest BCUT2D eigenvalue weighted by Crippen LogP contribution is -2.24. The van der Waals surface area contributed by atoms with Crippen LogP contribution in [-0.2, 0) is 4.79 Å². The van der Waals surface area contributed by atoms with Crippen molar-refractivity contribution in [2.45, 2.75) is 19.8 Å². The number of carboxylic acid groups (broad SMARTS) is 1. The van der Waals surface area contributed by atoms with Gasteiger partial charge >= 0.3 is 5.97 Å². The molecule has 1 rings (SSSR count). The van der Waals surface area contributed by atoms with Gasteiger partial charge in [0.15, 0.2) is 0 Å². The monoisotopic (exact) mass is 207 g/mol. The molecule has 3 heteroatoms. The van der Waals surface area contributed by atoms with E-state index in [0.717, 1.165) is 16.7 Å². The SMILES string of the molecule is CNCC(C(=O)O)c1cc(C)ccc1C. The van der Waals surface area contributed by atoms with Crippen LogP contribution in [0.3, 0.4) is 0 Å². The molecule has 1 unspecified atom stereocenters. The second-order valence-electron chi connectivity index (χ2n) is 3.81. The van der Waals surface area contributed by atoms with Crippen LogP contribution < -0.4 is 5.32 Å². The van der Waals surface area contributed by atoms with Crippen LogP contribution in [0.4, 0.5) is 0 Å². The minimum Gasteiger partial charge on any atom is -0.481 e. The maximum Gasteiger partial charge on any atom is 0.312 e. The van der Waals surface area contributed by atoms with Crippen LogP contribution >= 0.6 is 0 Å². The average Bonchev–Trinajstić information content (AvgIpc) is 2.18. The summed E-state index contributed by atoms with van der Waals surface area (Å²) in [6.45, 7) is 4.38. The van der Waals surface area contributed by atoms with E-state index >= 15 is 0 Å².